The number of hydrogen-bond donors (Lipinski definition) is 0. The smallest absolute Gasteiger partial charge is 0.275 e. The number of hydrogen-bond acceptors (Lipinski definition) is 6. The summed E-state index contributed by atoms with van der Waals surface area (Å²) in [6.07, 6.45) is 3.34. The third-order valence-corrected chi connectivity index (χ3v) is 5.13. The number of nitrogens with zero attached hydrogens (tertiary/aromatic N) is 3. The van der Waals surface area contributed by atoms with Crippen molar-refractivity contribution in [1.82, 2.24) is 15.0 Å². The summed E-state index contributed by atoms with van der Waals surface area (Å²) >= 11 is 1.78. The van der Waals surface area contributed by atoms with Crippen LogP contribution in [0.1, 0.15) is 50.6 Å². The van der Waals surface area contributed by atoms with Gasteiger partial charge in [-0.25, -0.2) is 4.98 Å². The molecule has 2 heterocycles. The average molecular weight is 335 g/mol. The predicted octanol–water partition coefficient (Wildman–Crippen LogP) is 2.78. The van der Waals surface area contributed by atoms with Gasteiger partial charge in [0.2, 0.25) is 0 Å². The molecule has 0 aromatic carbocycles. The lowest BCUT2D eigenvalue weighted by Gasteiger charge is -2.26. The monoisotopic (exact) mass is 335 g/mol. The van der Waals surface area contributed by atoms with Crippen molar-refractivity contribution >= 4 is 17.2 Å². The van der Waals surface area contributed by atoms with E-state index in [4.69, 9.17) is 9.26 Å². The molecule has 1 aliphatic carbocycles. The maximum absolute atomic E-state index is 12.5. The topological polar surface area (TPSA) is 68.5 Å². The van der Waals surface area contributed by atoms with Crippen LogP contribution in [0.5, 0.6) is 0 Å². The van der Waals surface area contributed by atoms with E-state index in [-0.39, 0.29) is 5.91 Å². The summed E-state index contributed by atoms with van der Waals surface area (Å²) in [5.41, 5.74) is 1.50. The number of fused-ring (bicyclic) bond motifs is 1. The van der Waals surface area contributed by atoms with Crippen LogP contribution in [0.2, 0.25) is 0 Å². The fraction of sp³-hybridized carbons (Fsp3) is 0.562. The molecule has 1 amide bonds. The second kappa shape index (κ2) is 6.80. The molecule has 2 aromatic heterocycles. The number of aromatic nitrogens is 2. The van der Waals surface area contributed by atoms with Crippen molar-refractivity contribution in [3.63, 3.8) is 0 Å². The van der Waals surface area contributed by atoms with Crippen molar-refractivity contribution in [3.8, 4) is 0 Å². The van der Waals surface area contributed by atoms with Crippen molar-refractivity contribution in [3.05, 3.63) is 33.1 Å². The van der Waals surface area contributed by atoms with Gasteiger partial charge in [0.05, 0.1) is 10.7 Å². The lowest BCUT2D eigenvalue weighted by molar-refractivity contribution is 0.0772. The van der Waals surface area contributed by atoms with E-state index in [9.17, 15) is 4.79 Å². The van der Waals surface area contributed by atoms with Crippen molar-refractivity contribution in [1.29, 1.82) is 0 Å². The highest BCUT2D eigenvalue weighted by Gasteiger charge is 2.27. The molecule has 2 aromatic rings. The molecule has 124 valence electrons. The van der Waals surface area contributed by atoms with Crippen LogP contribution in [0.3, 0.4) is 0 Å². The first-order chi connectivity index (χ1) is 11.1. The Bertz CT molecular complexity index is 695. The number of carbonyl (C=O) groups is 1. The Kier molecular flexibility index (Phi) is 4.77. The van der Waals surface area contributed by atoms with Gasteiger partial charge in [-0.05, 0) is 26.2 Å². The normalized spacial score (nSPS) is 17.1. The van der Waals surface area contributed by atoms with Crippen LogP contribution in [0.25, 0.3) is 0 Å². The molecule has 0 aliphatic heterocycles. The molecule has 7 heteroatoms. The number of methoxy groups -OCH3 is 1. The van der Waals surface area contributed by atoms with Crippen LogP contribution >= 0.6 is 11.3 Å². The van der Waals surface area contributed by atoms with Crippen molar-refractivity contribution in [2.75, 3.05) is 20.7 Å². The van der Waals surface area contributed by atoms with E-state index in [1.54, 1.807) is 36.5 Å². The molecule has 3 rings (SSSR count). The third-order valence-electron chi connectivity index (χ3n) is 4.08. The van der Waals surface area contributed by atoms with Crippen LogP contribution in [-0.4, -0.2) is 41.6 Å². The van der Waals surface area contributed by atoms with E-state index in [1.807, 2.05) is 6.92 Å². The van der Waals surface area contributed by atoms with Gasteiger partial charge in [0.1, 0.15) is 6.61 Å². The zero-order valence-corrected chi connectivity index (χ0v) is 14.5. The van der Waals surface area contributed by atoms with Gasteiger partial charge in [0.25, 0.3) is 5.91 Å². The SMILES string of the molecule is COCc1cc(C(=O)N(C)CC2CCCc3sc(C)nc32)no1. The highest BCUT2D eigenvalue weighted by Crippen LogP contribution is 2.35. The van der Waals surface area contributed by atoms with Gasteiger partial charge in [-0.3, -0.25) is 4.79 Å². The highest BCUT2D eigenvalue weighted by atomic mass is 32.1. The summed E-state index contributed by atoms with van der Waals surface area (Å²) in [4.78, 5) is 20.3. The first-order valence-corrected chi connectivity index (χ1v) is 8.56. The van der Waals surface area contributed by atoms with Gasteiger partial charge in [-0.1, -0.05) is 5.16 Å². The average Bonchev–Trinajstić information content (AvgIpc) is 3.13. The number of carbonyl (C=O) groups excluding carboxylic acids is 1. The van der Waals surface area contributed by atoms with Crippen LogP contribution in [0.4, 0.5) is 0 Å². The number of amides is 1. The first kappa shape index (κ1) is 16.1. The zero-order valence-electron chi connectivity index (χ0n) is 13.7. The van der Waals surface area contributed by atoms with Gasteiger partial charge in [-0.15, -0.1) is 11.3 Å². The standard InChI is InChI=1S/C16H21N3O3S/c1-10-17-15-11(5-4-6-14(15)23-10)8-19(2)16(20)13-7-12(9-21-3)22-18-13/h7,11H,4-6,8-9H2,1-3H3. The highest BCUT2D eigenvalue weighted by molar-refractivity contribution is 7.11. The molecule has 0 saturated carbocycles. The van der Waals surface area contributed by atoms with Crippen LogP contribution in [0, 0.1) is 6.92 Å². The maximum Gasteiger partial charge on any atom is 0.275 e. The predicted molar refractivity (Wildman–Crippen MR) is 86.7 cm³/mol. The van der Waals surface area contributed by atoms with E-state index < -0.39 is 0 Å². The van der Waals surface area contributed by atoms with Gasteiger partial charge in [-0.2, -0.15) is 0 Å². The van der Waals surface area contributed by atoms with E-state index in [0.29, 0.717) is 30.5 Å². The number of thiazole rings is 1. The Hall–Kier alpha value is -1.73. The molecule has 0 N–H and O–H groups in total. The Morgan fingerprint density at radius 3 is 3.17 bits per heavy atom. The lowest BCUT2D eigenvalue weighted by atomic mass is 9.90. The summed E-state index contributed by atoms with van der Waals surface area (Å²) in [7, 11) is 3.38. The van der Waals surface area contributed by atoms with Crippen LogP contribution in [0.15, 0.2) is 10.6 Å². The lowest BCUT2D eigenvalue weighted by Crippen LogP contribution is -2.32. The van der Waals surface area contributed by atoms with E-state index in [0.717, 1.165) is 24.3 Å². The number of likely N-dealkylation sites (N-methyl/N-ethyl adjacent to an activating group) is 1. The van der Waals surface area contributed by atoms with Crippen molar-refractivity contribution < 1.29 is 14.1 Å². The quantitative estimate of drug-likeness (QED) is 0.840. The Labute approximate surface area is 139 Å². The Balaban J connectivity index is 1.69. The molecule has 0 saturated heterocycles. The second-order valence-electron chi connectivity index (χ2n) is 5.93. The third kappa shape index (κ3) is 3.45. The van der Waals surface area contributed by atoms with Crippen molar-refractivity contribution in [2.24, 2.45) is 0 Å². The minimum Gasteiger partial charge on any atom is -0.377 e. The molecule has 6 nitrogen and oxygen atoms in total. The molecular formula is C16H21N3O3S. The van der Waals surface area contributed by atoms with Crippen LogP contribution < -0.4 is 0 Å². The minimum atomic E-state index is -0.129. The number of ether oxygens (including phenoxy) is 1. The van der Waals surface area contributed by atoms with Gasteiger partial charge >= 0.3 is 0 Å². The Morgan fingerprint density at radius 1 is 1.57 bits per heavy atom. The van der Waals surface area contributed by atoms with E-state index >= 15 is 0 Å². The molecule has 1 atom stereocenters. The number of rotatable bonds is 5. The van der Waals surface area contributed by atoms with E-state index in [2.05, 4.69) is 10.1 Å². The van der Waals surface area contributed by atoms with Gasteiger partial charge in [0.15, 0.2) is 11.5 Å². The van der Waals surface area contributed by atoms with E-state index in [1.165, 1.54) is 10.6 Å². The summed E-state index contributed by atoms with van der Waals surface area (Å²) in [6.45, 7) is 3.01. The summed E-state index contributed by atoms with van der Waals surface area (Å²) in [6, 6.07) is 1.64. The summed E-state index contributed by atoms with van der Waals surface area (Å²) in [5, 5.41) is 4.95. The Morgan fingerprint density at radius 2 is 2.39 bits per heavy atom. The summed E-state index contributed by atoms with van der Waals surface area (Å²) in [5.74, 6) is 0.734. The summed E-state index contributed by atoms with van der Waals surface area (Å²) < 4.78 is 10.1. The molecular weight excluding hydrogens is 314 g/mol. The second-order valence-corrected chi connectivity index (χ2v) is 7.22. The molecule has 1 unspecified atom stereocenters. The number of aryl methyl sites for hydroxylation is 2. The minimum absolute atomic E-state index is 0.129. The maximum atomic E-state index is 12.5. The fourth-order valence-electron chi connectivity index (χ4n) is 3.04. The van der Waals surface area contributed by atoms with Gasteiger partial charge < -0.3 is 14.2 Å². The molecule has 0 spiro atoms. The molecule has 1 aliphatic rings. The zero-order chi connectivity index (χ0) is 16.4. The first-order valence-electron chi connectivity index (χ1n) is 7.74. The molecule has 0 fully saturated rings. The molecule has 0 bridgehead atoms. The largest absolute Gasteiger partial charge is 0.377 e. The van der Waals surface area contributed by atoms with Crippen LogP contribution in [-0.2, 0) is 17.8 Å². The van der Waals surface area contributed by atoms with Gasteiger partial charge in [0, 0.05) is 37.6 Å². The molecule has 0 radical (unpaired) electrons. The fourth-order valence-corrected chi connectivity index (χ4v) is 4.10. The molecule has 23 heavy (non-hydrogen) atoms. The van der Waals surface area contributed by atoms with Crippen molar-refractivity contribution in [2.45, 2.75) is 38.7 Å².